The summed E-state index contributed by atoms with van der Waals surface area (Å²) < 4.78 is 25.8. The topological polar surface area (TPSA) is 67.1 Å². The highest BCUT2D eigenvalue weighted by Crippen LogP contribution is 2.14. The fourth-order valence-electron chi connectivity index (χ4n) is 1.17. The zero-order chi connectivity index (χ0) is 12.8. The van der Waals surface area contributed by atoms with E-state index < -0.39 is 17.7 Å². The van der Waals surface area contributed by atoms with Crippen LogP contribution in [0.4, 0.5) is 19.3 Å². The summed E-state index contributed by atoms with van der Waals surface area (Å²) in [6.07, 6.45) is 0.624. The van der Waals surface area contributed by atoms with Crippen LogP contribution >= 0.6 is 0 Å². The molecule has 1 atom stereocenters. The van der Waals surface area contributed by atoms with Crippen molar-refractivity contribution in [3.05, 3.63) is 29.8 Å². The second-order valence-corrected chi connectivity index (χ2v) is 3.77. The van der Waals surface area contributed by atoms with Gasteiger partial charge in [-0.2, -0.15) is 0 Å². The highest BCUT2D eigenvalue weighted by molar-refractivity contribution is 5.89. The van der Waals surface area contributed by atoms with Crippen LogP contribution in [0.15, 0.2) is 18.2 Å². The predicted molar refractivity (Wildman–Crippen MR) is 61.6 cm³/mol. The number of carbonyl (C=O) groups excluding carboxylic acids is 1. The molecule has 4 N–H and O–H groups in total. The van der Waals surface area contributed by atoms with Gasteiger partial charge in [0.15, 0.2) is 0 Å². The Morgan fingerprint density at radius 1 is 1.47 bits per heavy atom. The maximum Gasteiger partial charge on any atom is 0.319 e. The number of nitrogens with two attached hydrogens (primary N) is 1. The van der Waals surface area contributed by atoms with Gasteiger partial charge in [0, 0.05) is 18.7 Å². The number of benzene rings is 1. The van der Waals surface area contributed by atoms with Gasteiger partial charge >= 0.3 is 6.03 Å². The minimum atomic E-state index is -0.813. The Labute approximate surface area is 98.2 Å². The quantitative estimate of drug-likeness (QED) is 0.755. The number of urea groups is 1. The largest absolute Gasteiger partial charge is 0.338 e. The number of rotatable bonds is 4. The van der Waals surface area contributed by atoms with E-state index in [0.29, 0.717) is 19.0 Å². The Morgan fingerprint density at radius 3 is 2.76 bits per heavy atom. The van der Waals surface area contributed by atoms with Crippen LogP contribution in [0.1, 0.15) is 13.3 Å². The lowest BCUT2D eigenvalue weighted by molar-refractivity contribution is 0.251. The van der Waals surface area contributed by atoms with Gasteiger partial charge < -0.3 is 16.4 Å². The number of hydrogen-bond acceptors (Lipinski definition) is 2. The monoisotopic (exact) mass is 243 g/mol. The van der Waals surface area contributed by atoms with Gasteiger partial charge in [-0.1, -0.05) is 0 Å². The molecule has 1 aromatic rings. The maximum atomic E-state index is 13.2. The molecule has 0 heterocycles. The van der Waals surface area contributed by atoms with Crippen LogP contribution in [-0.2, 0) is 0 Å². The molecule has 1 unspecified atom stereocenters. The molecule has 0 aliphatic carbocycles. The van der Waals surface area contributed by atoms with E-state index >= 15 is 0 Å². The number of hydrogen-bond donors (Lipinski definition) is 3. The molecule has 1 aromatic carbocycles. The van der Waals surface area contributed by atoms with E-state index in [1.54, 1.807) is 0 Å². The number of anilines is 1. The van der Waals surface area contributed by atoms with Crippen LogP contribution in [0.25, 0.3) is 0 Å². The third kappa shape index (κ3) is 4.78. The molecule has 0 saturated heterocycles. The normalized spacial score (nSPS) is 12.0. The molecule has 0 aliphatic rings. The van der Waals surface area contributed by atoms with Gasteiger partial charge in [-0.05, 0) is 25.5 Å². The minimum Gasteiger partial charge on any atom is -0.338 e. The lowest BCUT2D eigenvalue weighted by Gasteiger charge is -2.09. The number of nitrogens with one attached hydrogen (secondary N) is 2. The van der Waals surface area contributed by atoms with Gasteiger partial charge in [0.2, 0.25) is 0 Å². The molecule has 0 saturated carbocycles. The smallest absolute Gasteiger partial charge is 0.319 e. The zero-order valence-electron chi connectivity index (χ0n) is 9.47. The summed E-state index contributed by atoms with van der Waals surface area (Å²) in [6, 6.07) is 2.38. The molecule has 0 aromatic heterocycles. The lowest BCUT2D eigenvalue weighted by atomic mass is 10.2. The van der Waals surface area contributed by atoms with Crippen molar-refractivity contribution in [1.82, 2.24) is 5.32 Å². The van der Waals surface area contributed by atoms with E-state index in [-0.39, 0.29) is 11.7 Å². The van der Waals surface area contributed by atoms with Gasteiger partial charge in [0.1, 0.15) is 11.6 Å². The molecule has 0 radical (unpaired) electrons. The van der Waals surface area contributed by atoms with Gasteiger partial charge in [-0.25, -0.2) is 13.6 Å². The highest BCUT2D eigenvalue weighted by atomic mass is 19.1. The summed E-state index contributed by atoms with van der Waals surface area (Å²) in [7, 11) is 0. The van der Waals surface area contributed by atoms with Crippen LogP contribution < -0.4 is 16.4 Å². The number of halogens is 2. The van der Waals surface area contributed by atoms with E-state index in [9.17, 15) is 13.6 Å². The van der Waals surface area contributed by atoms with Gasteiger partial charge in [0.05, 0.1) is 5.69 Å². The molecule has 6 heteroatoms. The fraction of sp³-hybridized carbons (Fsp3) is 0.364. The highest BCUT2D eigenvalue weighted by Gasteiger charge is 2.07. The van der Waals surface area contributed by atoms with Gasteiger partial charge in [-0.15, -0.1) is 0 Å². The van der Waals surface area contributed by atoms with Crippen molar-refractivity contribution >= 4 is 11.7 Å². The Morgan fingerprint density at radius 2 is 2.18 bits per heavy atom. The standard InChI is InChI=1S/C11H15F2N3O/c1-7(14)4-5-15-11(17)16-10-3-2-8(12)6-9(10)13/h2-3,6-7H,4-5,14H2,1H3,(H2,15,16,17). The second-order valence-electron chi connectivity index (χ2n) is 3.77. The molecular weight excluding hydrogens is 228 g/mol. The first-order valence-electron chi connectivity index (χ1n) is 5.24. The minimum absolute atomic E-state index is 0.0159. The molecule has 0 fully saturated rings. The summed E-state index contributed by atoms with van der Waals surface area (Å²) in [6.45, 7) is 2.21. The SMILES string of the molecule is CC(N)CCNC(=O)Nc1ccc(F)cc1F. The first-order chi connectivity index (χ1) is 7.99. The van der Waals surface area contributed by atoms with Crippen LogP contribution in [0.3, 0.4) is 0 Å². The van der Waals surface area contributed by atoms with Crippen molar-refractivity contribution in [2.45, 2.75) is 19.4 Å². The summed E-state index contributed by atoms with van der Waals surface area (Å²) >= 11 is 0. The Bertz CT molecular complexity index is 396. The van der Waals surface area contributed by atoms with Crippen molar-refractivity contribution in [3.8, 4) is 0 Å². The van der Waals surface area contributed by atoms with Crippen molar-refractivity contribution in [2.24, 2.45) is 5.73 Å². The molecule has 0 aliphatic heterocycles. The Kier molecular flexibility index (Phi) is 4.84. The van der Waals surface area contributed by atoms with Crippen molar-refractivity contribution < 1.29 is 13.6 Å². The van der Waals surface area contributed by atoms with E-state index in [1.807, 2.05) is 6.92 Å². The lowest BCUT2D eigenvalue weighted by Crippen LogP contribution is -2.32. The third-order valence-corrected chi connectivity index (χ3v) is 2.06. The van der Waals surface area contributed by atoms with Crippen LogP contribution in [0.2, 0.25) is 0 Å². The third-order valence-electron chi connectivity index (χ3n) is 2.06. The molecule has 2 amide bonds. The van der Waals surface area contributed by atoms with E-state index in [1.165, 1.54) is 0 Å². The van der Waals surface area contributed by atoms with Crippen LogP contribution in [-0.4, -0.2) is 18.6 Å². The van der Waals surface area contributed by atoms with Crippen LogP contribution in [0.5, 0.6) is 0 Å². The van der Waals surface area contributed by atoms with Crippen molar-refractivity contribution in [2.75, 3.05) is 11.9 Å². The second kappa shape index (κ2) is 6.15. The predicted octanol–water partition coefficient (Wildman–Crippen LogP) is 1.82. The van der Waals surface area contributed by atoms with Crippen molar-refractivity contribution in [3.63, 3.8) is 0 Å². The summed E-state index contributed by atoms with van der Waals surface area (Å²) in [5.41, 5.74) is 5.43. The van der Waals surface area contributed by atoms with E-state index in [2.05, 4.69) is 10.6 Å². The average Bonchev–Trinajstić information content (AvgIpc) is 2.21. The summed E-state index contributed by atoms with van der Waals surface area (Å²) in [5.74, 6) is -1.50. The Balaban J connectivity index is 2.45. The summed E-state index contributed by atoms with van der Waals surface area (Å²) in [4.78, 5) is 11.3. The molecule has 94 valence electrons. The molecule has 1 rings (SSSR count). The van der Waals surface area contributed by atoms with E-state index in [4.69, 9.17) is 5.73 Å². The average molecular weight is 243 g/mol. The zero-order valence-corrected chi connectivity index (χ0v) is 9.47. The first kappa shape index (κ1) is 13.4. The maximum absolute atomic E-state index is 13.2. The van der Waals surface area contributed by atoms with Crippen molar-refractivity contribution in [1.29, 1.82) is 0 Å². The van der Waals surface area contributed by atoms with Crippen LogP contribution in [0, 0.1) is 11.6 Å². The Hall–Kier alpha value is -1.69. The molecule has 17 heavy (non-hydrogen) atoms. The fourth-order valence-corrected chi connectivity index (χ4v) is 1.17. The van der Waals surface area contributed by atoms with Gasteiger partial charge in [0.25, 0.3) is 0 Å². The molecular formula is C11H15F2N3O. The first-order valence-corrected chi connectivity index (χ1v) is 5.24. The molecule has 0 bridgehead atoms. The summed E-state index contributed by atoms with van der Waals surface area (Å²) in [5, 5.41) is 4.79. The molecule has 0 spiro atoms. The van der Waals surface area contributed by atoms with E-state index in [0.717, 1.165) is 12.1 Å². The molecule has 4 nitrogen and oxygen atoms in total. The number of amides is 2. The van der Waals surface area contributed by atoms with Gasteiger partial charge in [-0.3, -0.25) is 0 Å². The number of carbonyl (C=O) groups is 1.